The van der Waals surface area contributed by atoms with Crippen LogP contribution in [0.15, 0.2) is 29.3 Å². The van der Waals surface area contributed by atoms with E-state index in [1.54, 1.807) is 12.1 Å². The molecule has 7 heteroatoms. The molecule has 26 heavy (non-hydrogen) atoms. The molecule has 1 aromatic carbocycles. The summed E-state index contributed by atoms with van der Waals surface area (Å²) in [4.78, 5) is 6.97. The highest BCUT2D eigenvalue weighted by molar-refractivity contribution is 14.0. The quantitative estimate of drug-likeness (QED) is 0.335. The van der Waals surface area contributed by atoms with Crippen LogP contribution in [0, 0.1) is 11.7 Å². The van der Waals surface area contributed by atoms with Crippen LogP contribution in [0.4, 0.5) is 4.39 Å². The molecule has 2 rings (SSSR count). The van der Waals surface area contributed by atoms with Crippen molar-refractivity contribution in [3.8, 4) is 0 Å². The molecule has 1 heterocycles. The zero-order valence-corrected chi connectivity index (χ0v) is 18.4. The van der Waals surface area contributed by atoms with E-state index in [1.165, 1.54) is 12.1 Å². The Hall–Kier alpha value is -0.930. The molecule has 3 atom stereocenters. The minimum absolute atomic E-state index is 0. The van der Waals surface area contributed by atoms with Crippen LogP contribution in [0.3, 0.4) is 0 Å². The first-order valence-electron chi connectivity index (χ1n) is 9.13. The maximum Gasteiger partial charge on any atom is 0.191 e. The molecule has 1 aliphatic heterocycles. The lowest BCUT2D eigenvalue weighted by atomic mass is 10.1. The second-order valence-corrected chi connectivity index (χ2v) is 7.06. The molecule has 1 aromatic rings. The zero-order valence-electron chi connectivity index (χ0n) is 16.1. The van der Waals surface area contributed by atoms with Gasteiger partial charge in [-0.15, -0.1) is 24.0 Å². The summed E-state index contributed by atoms with van der Waals surface area (Å²) in [7, 11) is 0. The summed E-state index contributed by atoms with van der Waals surface area (Å²) in [5.41, 5.74) is 0.668. The lowest BCUT2D eigenvalue weighted by Gasteiger charge is -2.22. The largest absolute Gasteiger partial charge is 0.386 e. The van der Waals surface area contributed by atoms with Gasteiger partial charge < -0.3 is 15.7 Å². The van der Waals surface area contributed by atoms with Gasteiger partial charge in [-0.05, 0) is 44.4 Å². The highest BCUT2D eigenvalue weighted by Gasteiger charge is 2.31. The fourth-order valence-corrected chi connectivity index (χ4v) is 3.08. The first kappa shape index (κ1) is 23.1. The summed E-state index contributed by atoms with van der Waals surface area (Å²) in [6.45, 7) is 11.8. The smallest absolute Gasteiger partial charge is 0.191 e. The number of nitrogens with zero attached hydrogens (tertiary/aromatic N) is 2. The second-order valence-electron chi connectivity index (χ2n) is 7.06. The predicted molar refractivity (Wildman–Crippen MR) is 116 cm³/mol. The van der Waals surface area contributed by atoms with Crippen LogP contribution in [0.5, 0.6) is 0 Å². The average Bonchev–Trinajstić information content (AvgIpc) is 2.94. The van der Waals surface area contributed by atoms with E-state index in [4.69, 9.17) is 0 Å². The Morgan fingerprint density at radius 2 is 1.96 bits per heavy atom. The summed E-state index contributed by atoms with van der Waals surface area (Å²) in [5, 5.41) is 17.0. The van der Waals surface area contributed by atoms with Crippen molar-refractivity contribution in [1.82, 2.24) is 15.5 Å². The topological polar surface area (TPSA) is 59.9 Å². The van der Waals surface area contributed by atoms with Gasteiger partial charge in [0.15, 0.2) is 5.96 Å². The zero-order chi connectivity index (χ0) is 18.4. The summed E-state index contributed by atoms with van der Waals surface area (Å²) < 4.78 is 13.0. The van der Waals surface area contributed by atoms with Gasteiger partial charge in [-0.25, -0.2) is 4.39 Å². The Balaban J connectivity index is 0.00000338. The number of nitrogens with one attached hydrogen (secondary N) is 2. The number of aliphatic imine (C=N–C) groups is 1. The van der Waals surface area contributed by atoms with E-state index in [2.05, 4.69) is 41.3 Å². The van der Waals surface area contributed by atoms with Crippen molar-refractivity contribution in [2.45, 2.75) is 45.9 Å². The lowest BCUT2D eigenvalue weighted by Crippen LogP contribution is -2.47. The molecule has 0 spiro atoms. The molecule has 5 nitrogen and oxygen atoms in total. The molecule has 0 radical (unpaired) electrons. The van der Waals surface area contributed by atoms with E-state index in [-0.39, 0.29) is 36.3 Å². The van der Waals surface area contributed by atoms with Crippen molar-refractivity contribution in [2.24, 2.45) is 10.9 Å². The molecule has 0 bridgehead atoms. The average molecular weight is 478 g/mol. The monoisotopic (exact) mass is 478 g/mol. The molecule has 1 saturated heterocycles. The Morgan fingerprint density at radius 3 is 2.50 bits per heavy atom. The van der Waals surface area contributed by atoms with Crippen molar-refractivity contribution in [3.63, 3.8) is 0 Å². The van der Waals surface area contributed by atoms with E-state index in [9.17, 15) is 9.50 Å². The van der Waals surface area contributed by atoms with Gasteiger partial charge in [-0.2, -0.15) is 0 Å². The third kappa shape index (κ3) is 6.66. The maximum atomic E-state index is 13.0. The first-order valence-corrected chi connectivity index (χ1v) is 9.13. The van der Waals surface area contributed by atoms with Gasteiger partial charge >= 0.3 is 0 Å². The molecule has 0 aromatic heterocycles. The molecule has 148 valence electrons. The van der Waals surface area contributed by atoms with Crippen molar-refractivity contribution in [2.75, 3.05) is 26.2 Å². The van der Waals surface area contributed by atoms with Crippen LogP contribution >= 0.6 is 24.0 Å². The van der Waals surface area contributed by atoms with Gasteiger partial charge in [0.05, 0.1) is 12.6 Å². The minimum atomic E-state index is -0.746. The summed E-state index contributed by atoms with van der Waals surface area (Å²) in [6.07, 6.45) is -0.746. The third-order valence-electron chi connectivity index (χ3n) is 4.71. The number of aliphatic hydroxyl groups is 1. The fraction of sp³-hybridized carbons (Fsp3) is 0.632. The van der Waals surface area contributed by atoms with Crippen LogP contribution in [0.1, 0.15) is 39.4 Å². The molecule has 1 fully saturated rings. The van der Waals surface area contributed by atoms with Gasteiger partial charge in [-0.3, -0.25) is 9.89 Å². The van der Waals surface area contributed by atoms with Gasteiger partial charge in [0.25, 0.3) is 0 Å². The standard InChI is InChI=1S/C19H31FN4O.HI/c1-5-21-19(23-17-12-24(13(2)3)11-14(17)4)22-10-18(25)15-6-8-16(20)9-7-15;/h6-9,13-14,17-18,25H,5,10-12H2,1-4H3,(H2,21,22,23);1H. The van der Waals surface area contributed by atoms with Crippen LogP contribution in [-0.2, 0) is 0 Å². The Kier molecular flexibility index (Phi) is 9.81. The Labute approximate surface area is 173 Å². The van der Waals surface area contributed by atoms with Crippen molar-refractivity contribution < 1.29 is 9.50 Å². The molecular formula is C19H32FIN4O. The van der Waals surface area contributed by atoms with Gasteiger partial charge in [0.1, 0.15) is 5.82 Å². The molecule has 0 saturated carbocycles. The number of rotatable bonds is 6. The molecule has 3 unspecified atom stereocenters. The van der Waals surface area contributed by atoms with Crippen LogP contribution in [0.2, 0.25) is 0 Å². The SMILES string of the molecule is CCNC(=NCC(O)c1ccc(F)cc1)NC1CN(C(C)C)CC1C.I. The van der Waals surface area contributed by atoms with Gasteiger partial charge in [-0.1, -0.05) is 19.1 Å². The maximum absolute atomic E-state index is 13.0. The number of likely N-dealkylation sites (tertiary alicyclic amines) is 1. The summed E-state index contributed by atoms with van der Waals surface area (Å²) in [6, 6.07) is 6.77. The van der Waals surface area contributed by atoms with Gasteiger partial charge in [0.2, 0.25) is 0 Å². The number of aliphatic hydroxyl groups excluding tert-OH is 1. The van der Waals surface area contributed by atoms with Crippen molar-refractivity contribution in [1.29, 1.82) is 0 Å². The second kappa shape index (κ2) is 11.0. The highest BCUT2D eigenvalue weighted by Crippen LogP contribution is 2.19. The van der Waals surface area contributed by atoms with Crippen molar-refractivity contribution in [3.05, 3.63) is 35.6 Å². The van der Waals surface area contributed by atoms with E-state index in [0.717, 1.165) is 19.6 Å². The third-order valence-corrected chi connectivity index (χ3v) is 4.71. The molecular weight excluding hydrogens is 446 g/mol. The number of hydrogen-bond acceptors (Lipinski definition) is 3. The predicted octanol–water partition coefficient (Wildman–Crippen LogP) is 2.76. The number of hydrogen-bond donors (Lipinski definition) is 3. The summed E-state index contributed by atoms with van der Waals surface area (Å²) in [5.74, 6) is 0.943. The normalized spacial score (nSPS) is 22.2. The van der Waals surface area contributed by atoms with E-state index in [0.29, 0.717) is 29.5 Å². The lowest BCUT2D eigenvalue weighted by molar-refractivity contribution is 0.187. The van der Waals surface area contributed by atoms with Crippen molar-refractivity contribution >= 4 is 29.9 Å². The molecule has 3 N–H and O–H groups in total. The van der Waals surface area contributed by atoms with Crippen LogP contribution < -0.4 is 10.6 Å². The number of halogens is 2. The highest BCUT2D eigenvalue weighted by atomic mass is 127. The first-order chi connectivity index (χ1) is 11.9. The molecule has 0 amide bonds. The van der Waals surface area contributed by atoms with Gasteiger partial charge in [0, 0.05) is 31.7 Å². The van der Waals surface area contributed by atoms with E-state index >= 15 is 0 Å². The van der Waals surface area contributed by atoms with E-state index in [1.807, 2.05) is 6.92 Å². The Morgan fingerprint density at radius 1 is 1.31 bits per heavy atom. The Bertz CT molecular complexity index is 567. The summed E-state index contributed by atoms with van der Waals surface area (Å²) >= 11 is 0. The molecule has 1 aliphatic rings. The fourth-order valence-electron chi connectivity index (χ4n) is 3.08. The minimum Gasteiger partial charge on any atom is -0.386 e. The molecule has 0 aliphatic carbocycles. The number of benzene rings is 1. The van der Waals surface area contributed by atoms with E-state index < -0.39 is 6.10 Å². The number of guanidine groups is 1. The van der Waals surface area contributed by atoms with Crippen LogP contribution in [0.25, 0.3) is 0 Å². The van der Waals surface area contributed by atoms with Crippen LogP contribution in [-0.4, -0.2) is 54.2 Å².